The summed E-state index contributed by atoms with van der Waals surface area (Å²) in [6.45, 7) is 5.19. The Bertz CT molecular complexity index is 423. The number of carbonyl (C=O) groups excluding carboxylic acids is 1. The van der Waals surface area contributed by atoms with Crippen LogP contribution in [0.2, 0.25) is 0 Å². The van der Waals surface area contributed by atoms with Gasteiger partial charge in [0.15, 0.2) is 0 Å². The van der Waals surface area contributed by atoms with Crippen LogP contribution in [0.15, 0.2) is 6.20 Å². The molecule has 0 aliphatic rings. The Morgan fingerprint density at radius 1 is 1.53 bits per heavy atom. The number of amides is 1. The van der Waals surface area contributed by atoms with Gasteiger partial charge in [-0.3, -0.25) is 14.7 Å². The lowest BCUT2D eigenvalue weighted by Gasteiger charge is -2.24. The monoisotopic (exact) mass is 239 g/mol. The first-order valence-electron chi connectivity index (χ1n) is 5.32. The van der Waals surface area contributed by atoms with E-state index in [-0.39, 0.29) is 18.7 Å². The van der Waals surface area contributed by atoms with E-state index in [4.69, 9.17) is 5.11 Å². The zero-order valence-corrected chi connectivity index (χ0v) is 10.2. The fourth-order valence-corrected chi connectivity index (χ4v) is 1.57. The predicted molar refractivity (Wildman–Crippen MR) is 61.5 cm³/mol. The van der Waals surface area contributed by atoms with Gasteiger partial charge in [-0.1, -0.05) is 0 Å². The quantitative estimate of drug-likeness (QED) is 0.702. The van der Waals surface area contributed by atoms with Crippen LogP contribution >= 0.6 is 0 Å². The van der Waals surface area contributed by atoms with Gasteiger partial charge in [0.1, 0.15) is 0 Å². The maximum absolute atomic E-state index is 11.7. The number of aryl methyl sites for hydroxylation is 1. The Kier molecular flexibility index (Phi) is 3.88. The normalized spacial score (nSPS) is 11.2. The van der Waals surface area contributed by atoms with Gasteiger partial charge in [-0.25, -0.2) is 0 Å². The molecule has 17 heavy (non-hydrogen) atoms. The summed E-state index contributed by atoms with van der Waals surface area (Å²) in [4.78, 5) is 22.3. The molecule has 0 radical (unpaired) electrons. The Labute approximate surface area is 99.4 Å². The van der Waals surface area contributed by atoms with Crippen molar-refractivity contribution in [2.45, 2.75) is 39.2 Å². The van der Waals surface area contributed by atoms with Crippen molar-refractivity contribution in [1.82, 2.24) is 15.5 Å². The van der Waals surface area contributed by atoms with Crippen LogP contribution in [0.3, 0.4) is 0 Å². The summed E-state index contributed by atoms with van der Waals surface area (Å²) in [6.07, 6.45) is 1.69. The van der Waals surface area contributed by atoms with E-state index in [2.05, 4.69) is 15.5 Å². The Morgan fingerprint density at radius 3 is 2.65 bits per heavy atom. The van der Waals surface area contributed by atoms with E-state index >= 15 is 0 Å². The molecule has 0 bridgehead atoms. The molecule has 0 atom stereocenters. The Balaban J connectivity index is 2.55. The zero-order chi connectivity index (χ0) is 13.1. The van der Waals surface area contributed by atoms with E-state index in [0.717, 1.165) is 11.3 Å². The van der Waals surface area contributed by atoms with E-state index in [9.17, 15) is 9.59 Å². The number of aromatic nitrogens is 2. The van der Waals surface area contributed by atoms with Crippen LogP contribution in [-0.4, -0.2) is 32.7 Å². The van der Waals surface area contributed by atoms with Gasteiger partial charge in [0.2, 0.25) is 5.91 Å². The molecule has 1 heterocycles. The van der Waals surface area contributed by atoms with Crippen LogP contribution in [0.1, 0.15) is 31.5 Å². The van der Waals surface area contributed by atoms with Gasteiger partial charge < -0.3 is 10.4 Å². The van der Waals surface area contributed by atoms with Crippen molar-refractivity contribution >= 4 is 11.9 Å². The molecule has 1 rings (SSSR count). The van der Waals surface area contributed by atoms with Crippen molar-refractivity contribution < 1.29 is 14.7 Å². The fourth-order valence-electron chi connectivity index (χ4n) is 1.57. The molecule has 6 nitrogen and oxygen atoms in total. The largest absolute Gasteiger partial charge is 0.481 e. The molecule has 0 aliphatic carbocycles. The lowest BCUT2D eigenvalue weighted by Crippen LogP contribution is -2.45. The van der Waals surface area contributed by atoms with E-state index in [1.165, 1.54) is 0 Å². The molecular weight excluding hydrogens is 222 g/mol. The molecule has 0 spiro atoms. The molecule has 0 unspecified atom stereocenters. The second-order valence-electron chi connectivity index (χ2n) is 4.70. The standard InChI is InChI=1S/C11H17N3O3/c1-7-8(6-12-14-7)4-9(15)13-11(2,3)5-10(16)17/h6H,4-5H2,1-3H3,(H,12,14)(H,13,15)(H,16,17). The van der Waals surface area contributed by atoms with Crippen LogP contribution in [0, 0.1) is 6.92 Å². The SMILES string of the molecule is Cc1[nH]ncc1CC(=O)NC(C)(C)CC(=O)O. The zero-order valence-electron chi connectivity index (χ0n) is 10.2. The number of carboxylic acids is 1. The molecule has 3 N–H and O–H groups in total. The van der Waals surface area contributed by atoms with Gasteiger partial charge in [-0.2, -0.15) is 5.10 Å². The third-order valence-corrected chi connectivity index (χ3v) is 2.36. The van der Waals surface area contributed by atoms with Gasteiger partial charge in [-0.05, 0) is 20.8 Å². The van der Waals surface area contributed by atoms with E-state index in [1.54, 1.807) is 20.0 Å². The molecule has 1 amide bonds. The lowest BCUT2D eigenvalue weighted by molar-refractivity contribution is -0.138. The Hall–Kier alpha value is -1.85. The third-order valence-electron chi connectivity index (χ3n) is 2.36. The Morgan fingerprint density at radius 2 is 2.18 bits per heavy atom. The molecule has 0 saturated heterocycles. The second-order valence-corrected chi connectivity index (χ2v) is 4.70. The van der Waals surface area contributed by atoms with Crippen molar-refractivity contribution in [1.29, 1.82) is 0 Å². The summed E-state index contributed by atoms with van der Waals surface area (Å²) in [7, 11) is 0. The fraction of sp³-hybridized carbons (Fsp3) is 0.545. The second kappa shape index (κ2) is 4.99. The van der Waals surface area contributed by atoms with E-state index < -0.39 is 11.5 Å². The number of hydrogen-bond donors (Lipinski definition) is 3. The number of carboxylic acid groups (broad SMARTS) is 1. The molecule has 0 aliphatic heterocycles. The highest BCUT2D eigenvalue weighted by Crippen LogP contribution is 2.10. The van der Waals surface area contributed by atoms with Crippen LogP contribution in [0.5, 0.6) is 0 Å². The number of aromatic amines is 1. The smallest absolute Gasteiger partial charge is 0.305 e. The molecule has 1 aromatic heterocycles. The highest BCUT2D eigenvalue weighted by Gasteiger charge is 2.24. The first kappa shape index (κ1) is 13.2. The topological polar surface area (TPSA) is 95.1 Å². The van der Waals surface area contributed by atoms with Crippen molar-refractivity contribution in [3.05, 3.63) is 17.5 Å². The third kappa shape index (κ3) is 4.26. The summed E-state index contributed by atoms with van der Waals surface area (Å²) in [5.41, 5.74) is 0.908. The number of carbonyl (C=O) groups is 2. The molecule has 0 aromatic carbocycles. The average molecular weight is 239 g/mol. The summed E-state index contributed by atoms with van der Waals surface area (Å²) in [6, 6.07) is 0. The van der Waals surface area contributed by atoms with Crippen LogP contribution < -0.4 is 5.32 Å². The highest BCUT2D eigenvalue weighted by atomic mass is 16.4. The minimum absolute atomic E-state index is 0.108. The minimum atomic E-state index is -0.935. The van der Waals surface area contributed by atoms with Gasteiger partial charge in [0.25, 0.3) is 0 Å². The van der Waals surface area contributed by atoms with Gasteiger partial charge in [0.05, 0.1) is 19.0 Å². The maximum Gasteiger partial charge on any atom is 0.305 e. The number of nitrogens with one attached hydrogen (secondary N) is 2. The van der Waals surface area contributed by atoms with Gasteiger partial charge in [0, 0.05) is 16.8 Å². The summed E-state index contributed by atoms with van der Waals surface area (Å²) in [5, 5.41) is 18.0. The summed E-state index contributed by atoms with van der Waals surface area (Å²) < 4.78 is 0. The minimum Gasteiger partial charge on any atom is -0.481 e. The highest BCUT2D eigenvalue weighted by molar-refractivity contribution is 5.80. The number of rotatable bonds is 5. The number of H-pyrrole nitrogens is 1. The maximum atomic E-state index is 11.7. The molecule has 1 aromatic rings. The number of hydrogen-bond acceptors (Lipinski definition) is 3. The van der Waals surface area contributed by atoms with Gasteiger partial charge in [-0.15, -0.1) is 0 Å². The number of aliphatic carboxylic acids is 1. The van der Waals surface area contributed by atoms with Crippen LogP contribution in [0.25, 0.3) is 0 Å². The molecule has 0 fully saturated rings. The van der Waals surface area contributed by atoms with Gasteiger partial charge >= 0.3 is 5.97 Å². The van der Waals surface area contributed by atoms with Crippen LogP contribution in [-0.2, 0) is 16.0 Å². The van der Waals surface area contributed by atoms with Crippen molar-refractivity contribution in [2.24, 2.45) is 0 Å². The van der Waals surface area contributed by atoms with E-state index in [1.807, 2.05) is 6.92 Å². The summed E-state index contributed by atoms with van der Waals surface area (Å²) in [5.74, 6) is -1.14. The molecule has 0 saturated carbocycles. The number of nitrogens with zero attached hydrogens (tertiary/aromatic N) is 1. The van der Waals surface area contributed by atoms with Crippen molar-refractivity contribution in [3.63, 3.8) is 0 Å². The molecular formula is C11H17N3O3. The van der Waals surface area contributed by atoms with Crippen molar-refractivity contribution in [2.75, 3.05) is 0 Å². The molecule has 94 valence electrons. The van der Waals surface area contributed by atoms with Crippen LogP contribution in [0.4, 0.5) is 0 Å². The predicted octanol–water partition coefficient (Wildman–Crippen LogP) is 0.630. The molecule has 6 heteroatoms. The average Bonchev–Trinajstić information content (AvgIpc) is 2.47. The lowest BCUT2D eigenvalue weighted by atomic mass is 10.0. The van der Waals surface area contributed by atoms with E-state index in [0.29, 0.717) is 0 Å². The summed E-state index contributed by atoms with van der Waals surface area (Å²) >= 11 is 0. The van der Waals surface area contributed by atoms with Crippen molar-refractivity contribution in [3.8, 4) is 0 Å². The first-order chi connectivity index (χ1) is 7.80. The first-order valence-corrected chi connectivity index (χ1v) is 5.32.